The maximum Gasteiger partial charge on any atom is 0.0465 e. The van der Waals surface area contributed by atoms with Gasteiger partial charge in [0.05, 0.1) is 0 Å². The molecule has 0 aliphatic heterocycles. The number of hydrogen-bond donors (Lipinski definition) is 0. The number of hydrogen-bond acceptors (Lipinski definition) is 2. The highest BCUT2D eigenvalue weighted by molar-refractivity contribution is 5.87. The van der Waals surface area contributed by atoms with Gasteiger partial charge in [-0.05, 0) is 89.8 Å². The second-order valence-electron chi connectivity index (χ2n) is 11.0. The third kappa shape index (κ3) is 5.10. The van der Waals surface area contributed by atoms with E-state index in [1.165, 1.54) is 39.3 Å². The van der Waals surface area contributed by atoms with Gasteiger partial charge in [-0.15, -0.1) is 0 Å². The first-order valence-corrected chi connectivity index (χ1v) is 14.4. The van der Waals surface area contributed by atoms with E-state index in [0.29, 0.717) is 0 Å². The molecule has 0 N–H and O–H groups in total. The van der Waals surface area contributed by atoms with Gasteiger partial charge in [0.15, 0.2) is 0 Å². The molecule has 2 nitrogen and oxygen atoms in total. The second-order valence-corrected chi connectivity index (χ2v) is 11.0. The van der Waals surface area contributed by atoms with Gasteiger partial charge in [0.2, 0.25) is 0 Å². The number of para-hydroxylation sites is 3. The summed E-state index contributed by atoms with van der Waals surface area (Å²) in [4.78, 5) is 4.73. The van der Waals surface area contributed by atoms with Crippen molar-refractivity contribution < 1.29 is 0 Å². The maximum absolute atomic E-state index is 2.40. The minimum atomic E-state index is -0.140. The third-order valence-corrected chi connectivity index (χ3v) is 8.04. The predicted octanol–water partition coefficient (Wildman–Crippen LogP) is 10.7. The molecular formula is C39H36N2. The number of allylic oxidation sites excluding steroid dienone is 3. The van der Waals surface area contributed by atoms with Gasteiger partial charge in [0.25, 0.3) is 0 Å². The first kappa shape index (κ1) is 26.4. The zero-order valence-corrected chi connectivity index (χ0v) is 24.0. The molecule has 0 fully saturated rings. The van der Waals surface area contributed by atoms with E-state index in [-0.39, 0.29) is 5.41 Å². The highest BCUT2D eigenvalue weighted by Gasteiger charge is 2.36. The molecule has 1 aliphatic carbocycles. The largest absolute Gasteiger partial charge is 0.338 e. The Balaban J connectivity index is 1.42. The van der Waals surface area contributed by atoms with Crippen molar-refractivity contribution >= 4 is 28.4 Å². The zero-order valence-electron chi connectivity index (χ0n) is 24.0. The second kappa shape index (κ2) is 11.3. The van der Waals surface area contributed by atoms with Crippen LogP contribution in [0.25, 0.3) is 11.1 Å². The van der Waals surface area contributed by atoms with E-state index in [1.807, 2.05) is 6.92 Å². The van der Waals surface area contributed by atoms with Gasteiger partial charge in [-0.1, -0.05) is 105 Å². The van der Waals surface area contributed by atoms with Gasteiger partial charge >= 0.3 is 0 Å². The first-order chi connectivity index (χ1) is 20.1. The maximum atomic E-state index is 2.40. The molecule has 2 heteroatoms. The zero-order chi connectivity index (χ0) is 28.2. The fourth-order valence-corrected chi connectivity index (χ4v) is 5.95. The van der Waals surface area contributed by atoms with Crippen molar-refractivity contribution in [1.29, 1.82) is 0 Å². The number of nitrogens with zero attached hydrogens (tertiary/aromatic N) is 2. The molecule has 0 radical (unpaired) electrons. The Bertz CT molecular complexity index is 1640. The molecule has 202 valence electrons. The average Bonchev–Trinajstić information content (AvgIpc) is 3.24. The van der Waals surface area contributed by atoms with Gasteiger partial charge in [0.1, 0.15) is 0 Å². The van der Waals surface area contributed by atoms with E-state index < -0.39 is 0 Å². The fourth-order valence-electron chi connectivity index (χ4n) is 5.95. The number of anilines is 5. The molecule has 0 amide bonds. The van der Waals surface area contributed by atoms with Crippen molar-refractivity contribution in [2.24, 2.45) is 0 Å². The van der Waals surface area contributed by atoms with E-state index in [2.05, 4.69) is 175 Å². The lowest BCUT2D eigenvalue weighted by atomic mass is 9.82. The van der Waals surface area contributed by atoms with Gasteiger partial charge in [-0.3, -0.25) is 0 Å². The summed E-state index contributed by atoms with van der Waals surface area (Å²) < 4.78 is 0. The van der Waals surface area contributed by atoms with Crippen molar-refractivity contribution in [1.82, 2.24) is 0 Å². The van der Waals surface area contributed by atoms with Crippen LogP contribution in [0.3, 0.4) is 0 Å². The number of rotatable bonds is 8. The molecule has 0 saturated carbocycles. The van der Waals surface area contributed by atoms with E-state index in [9.17, 15) is 0 Å². The summed E-state index contributed by atoms with van der Waals surface area (Å²) in [6, 6.07) is 45.9. The summed E-state index contributed by atoms with van der Waals surface area (Å²) in [5.41, 5.74) is 11.1. The molecule has 0 saturated heterocycles. The topological polar surface area (TPSA) is 6.48 Å². The van der Waals surface area contributed by atoms with Crippen LogP contribution < -0.4 is 9.80 Å². The van der Waals surface area contributed by atoms with Gasteiger partial charge in [-0.2, -0.15) is 0 Å². The summed E-state index contributed by atoms with van der Waals surface area (Å²) >= 11 is 0. The molecular weight excluding hydrogens is 496 g/mol. The van der Waals surface area contributed by atoms with Gasteiger partial charge < -0.3 is 9.80 Å². The van der Waals surface area contributed by atoms with Crippen LogP contribution in [-0.2, 0) is 5.41 Å². The van der Waals surface area contributed by atoms with Crippen LogP contribution >= 0.6 is 0 Å². The molecule has 0 bridgehead atoms. The molecule has 41 heavy (non-hydrogen) atoms. The lowest BCUT2D eigenvalue weighted by Crippen LogP contribution is -2.19. The third-order valence-electron chi connectivity index (χ3n) is 8.04. The molecule has 1 aliphatic rings. The van der Waals surface area contributed by atoms with Crippen molar-refractivity contribution in [3.8, 4) is 11.1 Å². The summed E-state index contributed by atoms with van der Waals surface area (Å²) in [5.74, 6) is 0. The van der Waals surface area contributed by atoms with Crippen molar-refractivity contribution in [2.45, 2.75) is 26.2 Å². The molecule has 6 rings (SSSR count). The van der Waals surface area contributed by atoms with E-state index in [1.54, 1.807) is 0 Å². The molecule has 0 unspecified atom stereocenters. The molecule has 0 aromatic heterocycles. The average molecular weight is 533 g/mol. The lowest BCUT2D eigenvalue weighted by molar-refractivity contribution is 0.660. The molecule has 0 atom stereocenters. The first-order valence-electron chi connectivity index (χ1n) is 14.4. The minimum absolute atomic E-state index is 0.140. The van der Waals surface area contributed by atoms with E-state index >= 15 is 0 Å². The van der Waals surface area contributed by atoms with Crippen molar-refractivity contribution in [2.75, 3.05) is 16.3 Å². The number of benzene rings is 5. The van der Waals surface area contributed by atoms with E-state index in [4.69, 9.17) is 0 Å². The summed E-state index contributed by atoms with van der Waals surface area (Å²) in [5, 5.41) is 0. The van der Waals surface area contributed by atoms with E-state index in [0.717, 1.165) is 17.9 Å². The minimum Gasteiger partial charge on any atom is -0.338 e. The smallest absolute Gasteiger partial charge is 0.0465 e. The standard InChI is InChI=1S/C39H36N2/c1-4-5-6-16-27-40(30-17-10-7-11-18-30)33-23-25-35-36-26-24-34(29-38(36)39(2,3)37(35)28-33)41(31-19-12-8-13-20-31)32-21-14-9-15-22-32/h4-26,28-29H,27H2,1-3H3. The quantitative estimate of drug-likeness (QED) is 0.183. The van der Waals surface area contributed by atoms with Crippen molar-refractivity contribution in [3.63, 3.8) is 0 Å². The molecule has 0 spiro atoms. The fraction of sp³-hybridized carbons (Fsp3) is 0.128. The lowest BCUT2D eigenvalue weighted by Gasteiger charge is -2.28. The Morgan fingerprint density at radius 1 is 0.537 bits per heavy atom. The van der Waals surface area contributed by atoms with Crippen LogP contribution in [-0.4, -0.2) is 6.54 Å². The Labute approximate surface area is 244 Å². The monoisotopic (exact) mass is 532 g/mol. The van der Waals surface area contributed by atoms with Crippen LogP contribution in [0.5, 0.6) is 0 Å². The molecule has 5 aromatic carbocycles. The predicted molar refractivity (Wildman–Crippen MR) is 176 cm³/mol. The van der Waals surface area contributed by atoms with Gasteiger partial charge in [0, 0.05) is 40.4 Å². The molecule has 0 heterocycles. The Kier molecular flexibility index (Phi) is 7.31. The SMILES string of the molecule is CC=CC=CCN(c1ccccc1)c1ccc2c(c1)C(C)(C)c1cc(N(c3ccccc3)c3ccccc3)ccc1-2. The summed E-state index contributed by atoms with van der Waals surface area (Å²) in [6.07, 6.45) is 8.48. The van der Waals surface area contributed by atoms with Crippen LogP contribution in [0, 0.1) is 0 Å². The highest BCUT2D eigenvalue weighted by Crippen LogP contribution is 2.51. The van der Waals surface area contributed by atoms with Crippen LogP contribution in [0.1, 0.15) is 31.9 Å². The van der Waals surface area contributed by atoms with Crippen LogP contribution in [0.15, 0.2) is 152 Å². The Hall–Kier alpha value is -4.82. The Morgan fingerprint density at radius 2 is 1.02 bits per heavy atom. The normalized spacial score (nSPS) is 13.3. The van der Waals surface area contributed by atoms with Crippen LogP contribution in [0.4, 0.5) is 28.4 Å². The van der Waals surface area contributed by atoms with Gasteiger partial charge in [-0.25, -0.2) is 0 Å². The molecule has 5 aromatic rings. The Morgan fingerprint density at radius 3 is 1.56 bits per heavy atom. The number of fused-ring (bicyclic) bond motifs is 3. The summed E-state index contributed by atoms with van der Waals surface area (Å²) in [7, 11) is 0. The van der Waals surface area contributed by atoms with Crippen molar-refractivity contribution in [3.05, 3.63) is 163 Å². The van der Waals surface area contributed by atoms with Crippen LogP contribution in [0.2, 0.25) is 0 Å². The highest BCUT2D eigenvalue weighted by atomic mass is 15.1. The summed E-state index contributed by atoms with van der Waals surface area (Å²) in [6.45, 7) is 7.57.